The highest BCUT2D eigenvalue weighted by Crippen LogP contribution is 2.32. The lowest BCUT2D eigenvalue weighted by Gasteiger charge is -2.23. The summed E-state index contributed by atoms with van der Waals surface area (Å²) >= 11 is 0. The van der Waals surface area contributed by atoms with Gasteiger partial charge in [0.25, 0.3) is 0 Å². The Morgan fingerprint density at radius 2 is 1.86 bits per heavy atom. The number of nitrogens with zero attached hydrogens (tertiary/aromatic N) is 1. The van der Waals surface area contributed by atoms with Crippen molar-refractivity contribution in [1.29, 1.82) is 0 Å². The van der Waals surface area contributed by atoms with Crippen molar-refractivity contribution in [3.8, 4) is 5.75 Å². The van der Waals surface area contributed by atoms with Gasteiger partial charge < -0.3 is 10.5 Å². The van der Waals surface area contributed by atoms with E-state index >= 15 is 0 Å². The molecule has 0 aliphatic rings. The van der Waals surface area contributed by atoms with Crippen LogP contribution in [-0.2, 0) is 18.4 Å². The highest BCUT2D eigenvalue weighted by atomic mass is 16.5. The molecule has 2 rings (SSSR count). The fourth-order valence-corrected chi connectivity index (χ4v) is 2.25. The van der Waals surface area contributed by atoms with Crippen LogP contribution in [0, 0.1) is 0 Å². The summed E-state index contributed by atoms with van der Waals surface area (Å²) in [5.41, 5.74) is 9.35. The Bertz CT molecular complexity index is 615. The van der Waals surface area contributed by atoms with Crippen LogP contribution in [0.5, 0.6) is 5.75 Å². The van der Waals surface area contributed by atoms with Crippen molar-refractivity contribution in [1.82, 2.24) is 4.98 Å². The molecular formula is C18H24N2O. The first-order valence-corrected chi connectivity index (χ1v) is 7.36. The number of hydrogen-bond acceptors (Lipinski definition) is 3. The summed E-state index contributed by atoms with van der Waals surface area (Å²) in [4.78, 5) is 4.00. The van der Waals surface area contributed by atoms with Gasteiger partial charge in [-0.2, -0.15) is 0 Å². The molecule has 2 aromatic rings. The maximum Gasteiger partial charge on any atom is 0.123 e. The fourth-order valence-electron chi connectivity index (χ4n) is 2.25. The first-order valence-electron chi connectivity index (χ1n) is 7.36. The van der Waals surface area contributed by atoms with Gasteiger partial charge >= 0.3 is 0 Å². The van der Waals surface area contributed by atoms with E-state index in [1.807, 2.05) is 12.1 Å². The molecule has 0 saturated heterocycles. The van der Waals surface area contributed by atoms with Crippen molar-refractivity contribution in [2.75, 3.05) is 5.73 Å². The lowest BCUT2D eigenvalue weighted by atomic mass is 9.85. The van der Waals surface area contributed by atoms with Gasteiger partial charge in [-0.05, 0) is 46.7 Å². The maximum absolute atomic E-state index is 6.02. The molecule has 0 atom stereocenters. The summed E-state index contributed by atoms with van der Waals surface area (Å²) in [7, 11) is 0. The average Bonchev–Trinajstić information content (AvgIpc) is 2.44. The number of aromatic nitrogens is 1. The van der Waals surface area contributed by atoms with Crippen LogP contribution in [0.4, 0.5) is 5.82 Å². The molecule has 1 aromatic heterocycles. The van der Waals surface area contributed by atoms with E-state index in [-0.39, 0.29) is 5.41 Å². The first kappa shape index (κ1) is 15.4. The van der Waals surface area contributed by atoms with Gasteiger partial charge in [-0.15, -0.1) is 0 Å². The second-order valence-corrected chi connectivity index (χ2v) is 6.31. The van der Waals surface area contributed by atoms with Gasteiger partial charge in [-0.3, -0.25) is 0 Å². The number of benzene rings is 1. The van der Waals surface area contributed by atoms with E-state index in [0.29, 0.717) is 12.4 Å². The van der Waals surface area contributed by atoms with Crippen LogP contribution in [0.15, 0.2) is 36.5 Å². The smallest absolute Gasteiger partial charge is 0.123 e. The minimum absolute atomic E-state index is 0.0534. The van der Waals surface area contributed by atoms with Gasteiger partial charge in [0, 0.05) is 6.20 Å². The standard InChI is InChI=1S/C18H24N2O/c1-5-13-6-7-16(15(10-13)18(2,3)4)21-12-14-8-9-20-17(19)11-14/h6-11H,5,12H2,1-4H3,(H2,19,20). The molecule has 112 valence electrons. The number of anilines is 1. The Morgan fingerprint density at radius 3 is 2.48 bits per heavy atom. The number of aryl methyl sites for hydroxylation is 1. The number of nitrogens with two attached hydrogens (primary N) is 1. The number of pyridine rings is 1. The maximum atomic E-state index is 6.02. The summed E-state index contributed by atoms with van der Waals surface area (Å²) in [5.74, 6) is 1.46. The van der Waals surface area contributed by atoms with Crippen molar-refractivity contribution in [2.24, 2.45) is 0 Å². The van der Waals surface area contributed by atoms with Gasteiger partial charge in [-0.25, -0.2) is 4.98 Å². The number of ether oxygens (including phenoxy) is 1. The molecule has 0 fully saturated rings. The van der Waals surface area contributed by atoms with Gasteiger partial charge in [-0.1, -0.05) is 39.8 Å². The van der Waals surface area contributed by atoms with Gasteiger partial charge in [0.15, 0.2) is 0 Å². The van der Waals surface area contributed by atoms with Crippen molar-refractivity contribution in [3.63, 3.8) is 0 Å². The summed E-state index contributed by atoms with van der Waals surface area (Å²) in [6, 6.07) is 10.2. The Morgan fingerprint density at radius 1 is 1.10 bits per heavy atom. The molecule has 0 spiro atoms. The third kappa shape index (κ3) is 3.97. The second-order valence-electron chi connectivity index (χ2n) is 6.31. The Kier molecular flexibility index (Phi) is 4.51. The molecule has 0 aliphatic carbocycles. The van der Waals surface area contributed by atoms with E-state index in [4.69, 9.17) is 10.5 Å². The van der Waals surface area contributed by atoms with Crippen LogP contribution in [0.25, 0.3) is 0 Å². The molecule has 0 unspecified atom stereocenters. The lowest BCUT2D eigenvalue weighted by molar-refractivity contribution is 0.297. The van der Waals surface area contributed by atoms with Crippen LogP contribution in [0.2, 0.25) is 0 Å². The van der Waals surface area contributed by atoms with E-state index in [1.54, 1.807) is 6.20 Å². The molecular weight excluding hydrogens is 260 g/mol. The zero-order valence-electron chi connectivity index (χ0n) is 13.3. The van der Waals surface area contributed by atoms with E-state index in [0.717, 1.165) is 17.7 Å². The number of rotatable bonds is 4. The van der Waals surface area contributed by atoms with E-state index in [9.17, 15) is 0 Å². The SMILES string of the molecule is CCc1ccc(OCc2ccnc(N)c2)c(C(C)(C)C)c1. The highest BCUT2D eigenvalue weighted by molar-refractivity contribution is 5.42. The minimum Gasteiger partial charge on any atom is -0.489 e. The third-order valence-electron chi connectivity index (χ3n) is 3.50. The average molecular weight is 284 g/mol. The van der Waals surface area contributed by atoms with E-state index in [2.05, 4.69) is 50.9 Å². The van der Waals surface area contributed by atoms with E-state index < -0.39 is 0 Å². The topological polar surface area (TPSA) is 48.1 Å². The van der Waals surface area contributed by atoms with Gasteiger partial charge in [0.1, 0.15) is 18.2 Å². The molecule has 0 bridgehead atoms. The highest BCUT2D eigenvalue weighted by Gasteiger charge is 2.19. The predicted molar refractivity (Wildman–Crippen MR) is 87.5 cm³/mol. The zero-order valence-corrected chi connectivity index (χ0v) is 13.3. The van der Waals surface area contributed by atoms with Crippen LogP contribution in [0.1, 0.15) is 44.4 Å². The molecule has 21 heavy (non-hydrogen) atoms. The van der Waals surface area contributed by atoms with E-state index in [1.165, 1.54) is 11.1 Å². The van der Waals surface area contributed by atoms with Crippen LogP contribution in [0.3, 0.4) is 0 Å². The fraction of sp³-hybridized carbons (Fsp3) is 0.389. The third-order valence-corrected chi connectivity index (χ3v) is 3.50. The molecule has 2 N–H and O–H groups in total. The van der Waals surface area contributed by atoms with Crippen molar-refractivity contribution < 1.29 is 4.74 Å². The quantitative estimate of drug-likeness (QED) is 0.919. The molecule has 0 aliphatic heterocycles. The normalized spacial score (nSPS) is 11.4. The number of hydrogen-bond donors (Lipinski definition) is 1. The van der Waals surface area contributed by atoms with Crippen molar-refractivity contribution in [3.05, 3.63) is 53.2 Å². The van der Waals surface area contributed by atoms with Gasteiger partial charge in [0.05, 0.1) is 0 Å². The zero-order chi connectivity index (χ0) is 15.5. The minimum atomic E-state index is 0.0534. The number of nitrogen functional groups attached to an aromatic ring is 1. The van der Waals surface area contributed by atoms with Gasteiger partial charge in [0.2, 0.25) is 0 Å². The van der Waals surface area contributed by atoms with Crippen molar-refractivity contribution in [2.45, 2.75) is 46.1 Å². The Labute approximate surface area is 127 Å². The largest absolute Gasteiger partial charge is 0.489 e. The Balaban J connectivity index is 2.23. The van der Waals surface area contributed by atoms with Crippen LogP contribution >= 0.6 is 0 Å². The summed E-state index contributed by atoms with van der Waals surface area (Å²) < 4.78 is 6.02. The lowest BCUT2D eigenvalue weighted by Crippen LogP contribution is -2.14. The van der Waals surface area contributed by atoms with Crippen molar-refractivity contribution >= 4 is 5.82 Å². The molecule has 3 nitrogen and oxygen atoms in total. The molecule has 0 saturated carbocycles. The molecule has 0 amide bonds. The summed E-state index contributed by atoms with van der Waals surface area (Å²) in [6.45, 7) is 9.29. The first-order chi connectivity index (χ1) is 9.90. The van der Waals surface area contributed by atoms with Crippen LogP contribution in [-0.4, -0.2) is 4.98 Å². The summed E-state index contributed by atoms with van der Waals surface area (Å²) in [6.07, 6.45) is 2.74. The molecule has 0 radical (unpaired) electrons. The predicted octanol–water partition coefficient (Wildman–Crippen LogP) is 4.10. The van der Waals surface area contributed by atoms with Crippen LogP contribution < -0.4 is 10.5 Å². The Hall–Kier alpha value is -2.03. The monoisotopic (exact) mass is 284 g/mol. The molecule has 1 heterocycles. The molecule has 1 aromatic carbocycles. The second kappa shape index (κ2) is 6.17. The molecule has 3 heteroatoms. The summed E-state index contributed by atoms with van der Waals surface area (Å²) in [5, 5.41) is 0.